The molecule has 0 fully saturated rings. The van der Waals surface area contributed by atoms with Crippen molar-refractivity contribution in [1.82, 2.24) is 15.0 Å². The molecule has 0 spiro atoms. The maximum Gasteiger partial charge on any atom is 0.158 e. The normalized spacial score (nSPS) is 10.7. The Morgan fingerprint density at radius 1 is 1.26 bits per heavy atom. The zero-order valence-electron chi connectivity index (χ0n) is 10.0. The van der Waals surface area contributed by atoms with E-state index in [0.717, 1.165) is 18.2 Å². The van der Waals surface area contributed by atoms with Gasteiger partial charge in [-0.25, -0.2) is 13.5 Å². The summed E-state index contributed by atoms with van der Waals surface area (Å²) in [6.45, 7) is 0.231. The highest BCUT2D eigenvalue weighted by Crippen LogP contribution is 2.09. The minimum Gasteiger partial charge on any atom is -0.325 e. The summed E-state index contributed by atoms with van der Waals surface area (Å²) in [7, 11) is 0. The molecule has 1 aromatic heterocycles. The van der Waals surface area contributed by atoms with E-state index in [4.69, 9.17) is 5.73 Å². The van der Waals surface area contributed by atoms with Gasteiger partial charge in [-0.3, -0.25) is 4.79 Å². The van der Waals surface area contributed by atoms with Crippen LogP contribution in [0.5, 0.6) is 0 Å². The minimum absolute atomic E-state index is 0.00880. The van der Waals surface area contributed by atoms with E-state index >= 15 is 0 Å². The van der Waals surface area contributed by atoms with Crippen molar-refractivity contribution in [2.24, 2.45) is 5.73 Å². The van der Waals surface area contributed by atoms with Crippen LogP contribution in [-0.2, 0) is 24.3 Å². The molecular weight excluding hydrogens is 254 g/mol. The molecule has 0 amide bonds. The Balaban J connectivity index is 2.00. The molecule has 0 aliphatic rings. The first-order chi connectivity index (χ1) is 9.06. The van der Waals surface area contributed by atoms with Gasteiger partial charge in [-0.05, 0) is 17.7 Å². The van der Waals surface area contributed by atoms with E-state index in [1.54, 1.807) is 6.20 Å². The maximum atomic E-state index is 13.0. The number of rotatable bonds is 5. The first kappa shape index (κ1) is 13.3. The Morgan fingerprint density at radius 3 is 2.53 bits per heavy atom. The third-order valence-corrected chi connectivity index (χ3v) is 2.46. The van der Waals surface area contributed by atoms with Crippen LogP contribution in [0, 0.1) is 11.6 Å². The zero-order chi connectivity index (χ0) is 13.8. The lowest BCUT2D eigenvalue weighted by atomic mass is 10.1. The largest absolute Gasteiger partial charge is 0.325 e. The van der Waals surface area contributed by atoms with Crippen molar-refractivity contribution in [2.45, 2.75) is 19.5 Å². The second-order valence-electron chi connectivity index (χ2n) is 4.10. The first-order valence-corrected chi connectivity index (χ1v) is 5.62. The lowest BCUT2D eigenvalue weighted by Gasteiger charge is -2.02. The Labute approximate surface area is 108 Å². The SMILES string of the molecule is NCc1cn(CC(=O)Cc2cc(F)cc(F)c2)nn1. The molecule has 7 heteroatoms. The van der Waals surface area contributed by atoms with Gasteiger partial charge in [0.25, 0.3) is 0 Å². The number of carbonyl (C=O) groups excluding carboxylic acids is 1. The van der Waals surface area contributed by atoms with Gasteiger partial charge >= 0.3 is 0 Å². The van der Waals surface area contributed by atoms with Crippen molar-refractivity contribution >= 4 is 5.78 Å². The van der Waals surface area contributed by atoms with Crippen LogP contribution in [0.4, 0.5) is 8.78 Å². The standard InChI is InChI=1S/C12H12F2N4O/c13-9-1-8(2-10(14)4-9)3-12(19)7-18-6-11(5-15)16-17-18/h1-2,4,6H,3,5,7,15H2. The van der Waals surface area contributed by atoms with Crippen LogP contribution >= 0.6 is 0 Å². The van der Waals surface area contributed by atoms with Crippen LogP contribution in [0.3, 0.4) is 0 Å². The number of halogens is 2. The monoisotopic (exact) mass is 266 g/mol. The van der Waals surface area contributed by atoms with Gasteiger partial charge in [0, 0.05) is 19.0 Å². The number of hydrogen-bond donors (Lipinski definition) is 1. The predicted octanol–water partition coefficient (Wildman–Crippen LogP) is 0.827. The van der Waals surface area contributed by atoms with E-state index in [0.29, 0.717) is 11.3 Å². The maximum absolute atomic E-state index is 13.0. The number of carbonyl (C=O) groups is 1. The highest BCUT2D eigenvalue weighted by Gasteiger charge is 2.09. The number of hydrogen-bond acceptors (Lipinski definition) is 4. The van der Waals surface area contributed by atoms with Gasteiger partial charge in [0.05, 0.1) is 11.9 Å². The molecule has 5 nitrogen and oxygen atoms in total. The summed E-state index contributed by atoms with van der Waals surface area (Å²) in [5.41, 5.74) is 6.23. The van der Waals surface area contributed by atoms with E-state index in [1.165, 1.54) is 4.68 Å². The first-order valence-electron chi connectivity index (χ1n) is 5.62. The Kier molecular flexibility index (Phi) is 3.96. The van der Waals surface area contributed by atoms with Crippen LogP contribution in [-0.4, -0.2) is 20.8 Å². The number of nitrogens with zero attached hydrogens (tertiary/aromatic N) is 3. The van der Waals surface area contributed by atoms with Gasteiger partial charge in [0.1, 0.15) is 18.2 Å². The van der Waals surface area contributed by atoms with Crippen molar-refractivity contribution in [3.63, 3.8) is 0 Å². The van der Waals surface area contributed by atoms with Crippen LogP contribution < -0.4 is 5.73 Å². The van der Waals surface area contributed by atoms with Gasteiger partial charge in [-0.2, -0.15) is 0 Å². The molecule has 19 heavy (non-hydrogen) atoms. The molecule has 100 valence electrons. The molecule has 0 atom stereocenters. The van der Waals surface area contributed by atoms with Gasteiger partial charge in [0.15, 0.2) is 5.78 Å². The fourth-order valence-electron chi connectivity index (χ4n) is 1.69. The molecule has 2 aromatic rings. The number of ketones is 1. The number of Topliss-reactive ketones (excluding diaryl/α,β-unsaturated/α-hetero) is 1. The predicted molar refractivity (Wildman–Crippen MR) is 63.0 cm³/mol. The fourth-order valence-corrected chi connectivity index (χ4v) is 1.69. The van der Waals surface area contributed by atoms with Crippen molar-refractivity contribution < 1.29 is 13.6 Å². The van der Waals surface area contributed by atoms with Gasteiger partial charge in [-0.15, -0.1) is 5.10 Å². The Bertz CT molecular complexity index is 577. The second-order valence-corrected chi connectivity index (χ2v) is 4.10. The van der Waals surface area contributed by atoms with Gasteiger partial charge < -0.3 is 5.73 Å². The number of benzene rings is 1. The Morgan fingerprint density at radius 2 is 1.95 bits per heavy atom. The quantitative estimate of drug-likeness (QED) is 0.869. The van der Waals surface area contributed by atoms with Crippen LogP contribution in [0.1, 0.15) is 11.3 Å². The van der Waals surface area contributed by atoms with E-state index in [9.17, 15) is 13.6 Å². The molecule has 0 bridgehead atoms. The molecule has 0 aliphatic heterocycles. The summed E-state index contributed by atoms with van der Waals surface area (Å²) in [5, 5.41) is 7.46. The average Bonchev–Trinajstić information content (AvgIpc) is 2.74. The smallest absolute Gasteiger partial charge is 0.158 e. The van der Waals surface area contributed by atoms with E-state index in [2.05, 4.69) is 10.3 Å². The molecule has 0 radical (unpaired) electrons. The van der Waals surface area contributed by atoms with Crippen molar-refractivity contribution in [3.8, 4) is 0 Å². The summed E-state index contributed by atoms with van der Waals surface area (Å²) in [6, 6.07) is 3.03. The topological polar surface area (TPSA) is 73.8 Å². The molecule has 0 unspecified atom stereocenters. The molecular formula is C12H12F2N4O. The van der Waals surface area contributed by atoms with Crippen molar-refractivity contribution in [1.29, 1.82) is 0 Å². The highest BCUT2D eigenvalue weighted by molar-refractivity contribution is 5.80. The number of nitrogens with two attached hydrogens (primary N) is 1. The average molecular weight is 266 g/mol. The van der Waals surface area contributed by atoms with E-state index in [-0.39, 0.29) is 25.3 Å². The summed E-state index contributed by atoms with van der Waals surface area (Å²) in [5.74, 6) is -1.62. The van der Waals surface area contributed by atoms with Crippen molar-refractivity contribution in [3.05, 3.63) is 47.3 Å². The highest BCUT2D eigenvalue weighted by atomic mass is 19.1. The minimum atomic E-state index is -0.700. The zero-order valence-corrected chi connectivity index (χ0v) is 10.0. The van der Waals surface area contributed by atoms with Crippen LogP contribution in [0.2, 0.25) is 0 Å². The molecule has 0 saturated carbocycles. The molecule has 2 N–H and O–H groups in total. The summed E-state index contributed by atoms with van der Waals surface area (Å²) >= 11 is 0. The lowest BCUT2D eigenvalue weighted by molar-refractivity contribution is -0.119. The number of aromatic nitrogens is 3. The summed E-state index contributed by atoms with van der Waals surface area (Å²) in [4.78, 5) is 11.7. The van der Waals surface area contributed by atoms with E-state index in [1.807, 2.05) is 0 Å². The Hall–Kier alpha value is -2.15. The fraction of sp³-hybridized carbons (Fsp3) is 0.250. The lowest BCUT2D eigenvalue weighted by Crippen LogP contribution is -2.13. The molecule has 2 rings (SSSR count). The molecule has 0 saturated heterocycles. The third-order valence-electron chi connectivity index (χ3n) is 2.46. The third kappa shape index (κ3) is 3.65. The summed E-state index contributed by atoms with van der Waals surface area (Å²) < 4.78 is 27.3. The molecule has 1 aromatic carbocycles. The van der Waals surface area contributed by atoms with Gasteiger partial charge in [-0.1, -0.05) is 5.21 Å². The molecule has 1 heterocycles. The second kappa shape index (κ2) is 5.66. The van der Waals surface area contributed by atoms with Crippen molar-refractivity contribution in [2.75, 3.05) is 0 Å². The van der Waals surface area contributed by atoms with Gasteiger partial charge in [0.2, 0.25) is 0 Å². The van der Waals surface area contributed by atoms with Crippen LogP contribution in [0.25, 0.3) is 0 Å². The molecule has 0 aliphatic carbocycles. The van der Waals surface area contributed by atoms with E-state index < -0.39 is 11.6 Å². The van der Waals surface area contributed by atoms with Crippen LogP contribution in [0.15, 0.2) is 24.4 Å². The summed E-state index contributed by atoms with van der Waals surface area (Å²) in [6.07, 6.45) is 1.50.